The molecule has 70 valence electrons. The summed E-state index contributed by atoms with van der Waals surface area (Å²) in [6.45, 7) is 0.680. The molecule has 0 unspecified atom stereocenters. The van der Waals surface area contributed by atoms with Gasteiger partial charge in [-0.15, -0.1) is 0 Å². The van der Waals surface area contributed by atoms with Gasteiger partial charge in [0.2, 0.25) is 11.8 Å². The summed E-state index contributed by atoms with van der Waals surface area (Å²) in [6, 6.07) is 0. The lowest BCUT2D eigenvalue weighted by atomic mass is 10.5. The number of carbonyl (C=O) groups excluding carboxylic acids is 2. The van der Waals surface area contributed by atoms with Gasteiger partial charge in [-0.25, -0.2) is 0 Å². The van der Waals surface area contributed by atoms with Gasteiger partial charge < -0.3 is 22.1 Å². The molecule has 6 N–H and O–H groups in total. The molecule has 6 nitrogen and oxygen atoms in total. The van der Waals surface area contributed by atoms with Gasteiger partial charge in [0.05, 0.1) is 13.1 Å². The molecule has 0 atom stereocenters. The number of nitrogens with two attached hydrogens (primary N) is 2. The minimum Gasteiger partial charge on any atom is -0.353 e. The fourth-order valence-electron chi connectivity index (χ4n) is 0.548. The SMILES string of the molecule is NCC(=O)NCCNC(=O)CN. The van der Waals surface area contributed by atoms with E-state index in [0.29, 0.717) is 13.1 Å². The molecule has 0 aliphatic carbocycles. The van der Waals surface area contributed by atoms with E-state index in [1.165, 1.54) is 0 Å². The molecule has 0 saturated heterocycles. The summed E-state index contributed by atoms with van der Waals surface area (Å²) in [5, 5.41) is 4.98. The van der Waals surface area contributed by atoms with Crippen LogP contribution in [0.25, 0.3) is 0 Å². The number of amides is 2. The molecule has 0 aromatic carbocycles. The van der Waals surface area contributed by atoms with Crippen molar-refractivity contribution in [2.75, 3.05) is 26.2 Å². The summed E-state index contributed by atoms with van der Waals surface area (Å²) in [4.78, 5) is 21.1. The van der Waals surface area contributed by atoms with Crippen LogP contribution >= 0.6 is 0 Å². The number of hydrogen-bond acceptors (Lipinski definition) is 4. The van der Waals surface area contributed by atoms with Crippen LogP contribution in [-0.4, -0.2) is 38.0 Å². The standard InChI is InChI=1S/C6H14N4O2/c7-3-5(11)9-1-2-10-6(12)4-8/h1-4,7-8H2,(H,9,11)(H,10,12). The highest BCUT2D eigenvalue weighted by molar-refractivity contribution is 5.78. The largest absolute Gasteiger partial charge is 0.353 e. The van der Waals surface area contributed by atoms with Crippen LogP contribution in [0.15, 0.2) is 0 Å². The first-order valence-electron chi connectivity index (χ1n) is 3.64. The number of nitrogens with one attached hydrogen (secondary N) is 2. The second-order valence-corrected chi connectivity index (χ2v) is 2.11. The van der Waals surface area contributed by atoms with Crippen LogP contribution in [0, 0.1) is 0 Å². The van der Waals surface area contributed by atoms with Crippen molar-refractivity contribution in [2.24, 2.45) is 11.5 Å². The van der Waals surface area contributed by atoms with Gasteiger partial charge in [0.15, 0.2) is 0 Å². The highest BCUT2D eigenvalue weighted by Crippen LogP contribution is 1.62. The van der Waals surface area contributed by atoms with Gasteiger partial charge >= 0.3 is 0 Å². The van der Waals surface area contributed by atoms with Crippen molar-refractivity contribution in [1.29, 1.82) is 0 Å². The van der Waals surface area contributed by atoms with Gasteiger partial charge in [-0.2, -0.15) is 0 Å². The topological polar surface area (TPSA) is 110 Å². The van der Waals surface area contributed by atoms with Gasteiger partial charge in [0, 0.05) is 13.1 Å². The van der Waals surface area contributed by atoms with Crippen LogP contribution < -0.4 is 22.1 Å². The Bertz CT molecular complexity index is 142. The number of carbonyl (C=O) groups is 2. The van der Waals surface area contributed by atoms with Crippen LogP contribution in [0.4, 0.5) is 0 Å². The first kappa shape index (κ1) is 10.9. The van der Waals surface area contributed by atoms with Crippen molar-refractivity contribution in [3.8, 4) is 0 Å². The van der Waals surface area contributed by atoms with E-state index in [4.69, 9.17) is 11.5 Å². The quantitative estimate of drug-likeness (QED) is 0.336. The lowest BCUT2D eigenvalue weighted by Gasteiger charge is -2.04. The van der Waals surface area contributed by atoms with E-state index in [1.807, 2.05) is 0 Å². The van der Waals surface area contributed by atoms with Gasteiger partial charge in [-0.05, 0) is 0 Å². The van der Waals surface area contributed by atoms with E-state index >= 15 is 0 Å². The monoisotopic (exact) mass is 174 g/mol. The van der Waals surface area contributed by atoms with E-state index < -0.39 is 0 Å². The molecule has 0 aliphatic rings. The smallest absolute Gasteiger partial charge is 0.233 e. The molecule has 0 radical (unpaired) electrons. The molecule has 0 bridgehead atoms. The molecular weight excluding hydrogens is 160 g/mol. The first-order valence-corrected chi connectivity index (χ1v) is 3.64. The summed E-state index contributed by atoms with van der Waals surface area (Å²) >= 11 is 0. The van der Waals surface area contributed by atoms with E-state index in [-0.39, 0.29) is 24.9 Å². The van der Waals surface area contributed by atoms with E-state index in [0.717, 1.165) is 0 Å². The Balaban J connectivity index is 3.21. The zero-order valence-corrected chi connectivity index (χ0v) is 6.80. The van der Waals surface area contributed by atoms with Gasteiger partial charge in [0.1, 0.15) is 0 Å². The molecule has 0 aromatic rings. The maximum absolute atomic E-state index is 10.6. The minimum atomic E-state index is -0.239. The molecular formula is C6H14N4O2. The zero-order chi connectivity index (χ0) is 9.40. The third kappa shape index (κ3) is 5.63. The van der Waals surface area contributed by atoms with Crippen LogP contribution in [0.5, 0.6) is 0 Å². The molecule has 0 rings (SSSR count). The lowest BCUT2D eigenvalue weighted by Crippen LogP contribution is -2.39. The fourth-order valence-corrected chi connectivity index (χ4v) is 0.548. The molecule has 0 heterocycles. The van der Waals surface area contributed by atoms with Crippen LogP contribution in [0.2, 0.25) is 0 Å². The Labute approximate surface area is 70.7 Å². The molecule has 0 saturated carbocycles. The Morgan fingerprint density at radius 3 is 1.50 bits per heavy atom. The lowest BCUT2D eigenvalue weighted by molar-refractivity contribution is -0.121. The van der Waals surface area contributed by atoms with Crippen molar-refractivity contribution in [3.05, 3.63) is 0 Å². The van der Waals surface area contributed by atoms with Crippen molar-refractivity contribution >= 4 is 11.8 Å². The number of rotatable bonds is 5. The second kappa shape index (κ2) is 6.56. The van der Waals surface area contributed by atoms with Crippen LogP contribution in [-0.2, 0) is 9.59 Å². The van der Waals surface area contributed by atoms with Gasteiger partial charge in [-0.1, -0.05) is 0 Å². The van der Waals surface area contributed by atoms with E-state index in [2.05, 4.69) is 10.6 Å². The van der Waals surface area contributed by atoms with Crippen LogP contribution in [0.3, 0.4) is 0 Å². The zero-order valence-electron chi connectivity index (χ0n) is 6.80. The number of hydrogen-bond donors (Lipinski definition) is 4. The summed E-state index contributed by atoms with van der Waals surface area (Å²) in [5.41, 5.74) is 10.0. The molecule has 0 aromatic heterocycles. The Hall–Kier alpha value is -1.14. The predicted octanol–water partition coefficient (Wildman–Crippen LogP) is -2.86. The Morgan fingerprint density at radius 1 is 0.917 bits per heavy atom. The molecule has 0 aliphatic heterocycles. The highest BCUT2D eigenvalue weighted by atomic mass is 16.2. The third-order valence-electron chi connectivity index (χ3n) is 1.14. The average molecular weight is 174 g/mol. The molecule has 12 heavy (non-hydrogen) atoms. The minimum absolute atomic E-state index is 0.0369. The van der Waals surface area contributed by atoms with Gasteiger partial charge in [0.25, 0.3) is 0 Å². The van der Waals surface area contributed by atoms with Gasteiger partial charge in [-0.3, -0.25) is 9.59 Å². The Morgan fingerprint density at radius 2 is 1.25 bits per heavy atom. The average Bonchev–Trinajstić information content (AvgIpc) is 2.11. The molecule has 2 amide bonds. The van der Waals surface area contributed by atoms with Crippen LogP contribution in [0.1, 0.15) is 0 Å². The summed E-state index contributed by atoms with van der Waals surface area (Å²) < 4.78 is 0. The van der Waals surface area contributed by atoms with Crippen molar-refractivity contribution in [2.45, 2.75) is 0 Å². The van der Waals surface area contributed by atoms with Crippen molar-refractivity contribution in [3.63, 3.8) is 0 Å². The third-order valence-corrected chi connectivity index (χ3v) is 1.14. The molecule has 0 spiro atoms. The van der Waals surface area contributed by atoms with Crippen molar-refractivity contribution < 1.29 is 9.59 Å². The maximum Gasteiger partial charge on any atom is 0.233 e. The Kier molecular flexibility index (Phi) is 5.94. The summed E-state index contributed by atoms with van der Waals surface area (Å²) in [5.74, 6) is -0.478. The van der Waals surface area contributed by atoms with E-state index in [1.54, 1.807) is 0 Å². The van der Waals surface area contributed by atoms with E-state index in [9.17, 15) is 9.59 Å². The summed E-state index contributed by atoms with van der Waals surface area (Å²) in [7, 11) is 0. The first-order chi connectivity index (χ1) is 5.70. The highest BCUT2D eigenvalue weighted by Gasteiger charge is 1.97. The molecule has 6 heteroatoms. The fraction of sp³-hybridized carbons (Fsp3) is 0.667. The maximum atomic E-state index is 10.6. The normalized spacial score (nSPS) is 9.17. The van der Waals surface area contributed by atoms with Crippen molar-refractivity contribution in [1.82, 2.24) is 10.6 Å². The predicted molar refractivity (Wildman–Crippen MR) is 44.1 cm³/mol. The molecule has 0 fully saturated rings. The summed E-state index contributed by atoms with van der Waals surface area (Å²) in [6.07, 6.45) is 0. The second-order valence-electron chi connectivity index (χ2n) is 2.11.